The van der Waals surface area contributed by atoms with E-state index in [1.54, 1.807) is 0 Å². The molecule has 1 aromatic carbocycles. The van der Waals surface area contributed by atoms with Crippen LogP contribution in [0, 0.1) is 11.8 Å². The molecule has 2 bridgehead atoms. The number of nitrogens with zero attached hydrogens (tertiary/aromatic N) is 1. The Balaban J connectivity index is 1.51. The molecule has 23 heavy (non-hydrogen) atoms. The maximum Gasteiger partial charge on any atom is 0.267 e. The van der Waals surface area contributed by atoms with E-state index in [1.165, 1.54) is 0 Å². The van der Waals surface area contributed by atoms with E-state index in [4.69, 9.17) is 9.47 Å². The van der Waals surface area contributed by atoms with E-state index < -0.39 is 6.10 Å². The van der Waals surface area contributed by atoms with E-state index >= 15 is 0 Å². The number of aliphatic hydroxyl groups excluding tert-OH is 1. The molecule has 3 aliphatic rings. The number of carbonyl (C=O) groups is 1. The average Bonchev–Trinajstić information content (AvgIpc) is 2.53. The fourth-order valence-corrected chi connectivity index (χ4v) is 4.16. The Morgan fingerprint density at radius 1 is 1.13 bits per heavy atom. The third-order valence-corrected chi connectivity index (χ3v) is 5.42. The second kappa shape index (κ2) is 5.71. The van der Waals surface area contributed by atoms with Gasteiger partial charge in [0.05, 0.1) is 6.10 Å². The van der Waals surface area contributed by atoms with Crippen molar-refractivity contribution >= 4 is 5.91 Å². The number of ether oxygens (including phenoxy) is 2. The first-order chi connectivity index (χ1) is 11.1. The van der Waals surface area contributed by atoms with Crippen LogP contribution < -0.4 is 9.47 Å². The summed E-state index contributed by atoms with van der Waals surface area (Å²) in [5.41, 5.74) is 0. The second-order valence-corrected chi connectivity index (χ2v) is 6.99. The highest BCUT2D eigenvalue weighted by molar-refractivity contribution is 5.82. The Bertz CT molecular complexity index is 590. The van der Waals surface area contributed by atoms with Gasteiger partial charge in [-0.15, -0.1) is 0 Å². The van der Waals surface area contributed by atoms with Gasteiger partial charge in [-0.05, 0) is 31.9 Å². The Kier molecular flexibility index (Phi) is 3.68. The van der Waals surface area contributed by atoms with Crippen molar-refractivity contribution < 1.29 is 19.4 Å². The third kappa shape index (κ3) is 2.57. The highest BCUT2D eigenvalue weighted by atomic mass is 16.6. The van der Waals surface area contributed by atoms with Gasteiger partial charge >= 0.3 is 0 Å². The molecule has 1 saturated heterocycles. The van der Waals surface area contributed by atoms with Gasteiger partial charge in [-0.1, -0.05) is 18.6 Å². The van der Waals surface area contributed by atoms with Crippen molar-refractivity contribution in [3.63, 3.8) is 0 Å². The van der Waals surface area contributed by atoms with Crippen LogP contribution in [-0.4, -0.2) is 47.3 Å². The van der Waals surface area contributed by atoms with Crippen LogP contribution in [0.15, 0.2) is 24.3 Å². The molecule has 1 N–H and O–H groups in total. The van der Waals surface area contributed by atoms with Crippen LogP contribution in [-0.2, 0) is 4.79 Å². The molecule has 2 aliphatic heterocycles. The molecule has 5 atom stereocenters. The first-order valence-corrected chi connectivity index (χ1v) is 8.52. The molecule has 5 nitrogen and oxygen atoms in total. The van der Waals surface area contributed by atoms with Crippen molar-refractivity contribution in [2.24, 2.45) is 11.8 Å². The first-order valence-electron chi connectivity index (χ1n) is 8.52. The Labute approximate surface area is 136 Å². The van der Waals surface area contributed by atoms with Crippen LogP contribution in [0.3, 0.4) is 0 Å². The molecule has 2 fully saturated rings. The molecular weight excluding hydrogens is 294 g/mol. The molecule has 2 heterocycles. The van der Waals surface area contributed by atoms with Crippen LogP contribution in [0.1, 0.15) is 26.2 Å². The van der Waals surface area contributed by atoms with E-state index in [1.807, 2.05) is 36.1 Å². The zero-order valence-electron chi connectivity index (χ0n) is 13.4. The zero-order chi connectivity index (χ0) is 16.0. The Morgan fingerprint density at radius 3 is 2.39 bits per heavy atom. The largest absolute Gasteiger partial charge is 0.482 e. The van der Waals surface area contributed by atoms with E-state index in [2.05, 4.69) is 0 Å². The van der Waals surface area contributed by atoms with Crippen molar-refractivity contribution in [2.75, 3.05) is 13.1 Å². The van der Waals surface area contributed by atoms with E-state index in [9.17, 15) is 9.90 Å². The molecule has 0 spiro atoms. The summed E-state index contributed by atoms with van der Waals surface area (Å²) >= 11 is 0. The number of piperidine rings is 1. The fraction of sp³-hybridized carbons (Fsp3) is 0.611. The van der Waals surface area contributed by atoms with E-state index in [-0.39, 0.29) is 30.0 Å². The second-order valence-electron chi connectivity index (χ2n) is 6.99. The smallest absolute Gasteiger partial charge is 0.267 e. The average molecular weight is 317 g/mol. The van der Waals surface area contributed by atoms with Crippen molar-refractivity contribution in [2.45, 2.75) is 44.5 Å². The standard InChI is InChI=1S/C18H23NO4/c1-11-17(23-15-8-3-2-7-14(15)22-11)18(21)19-9-12-5-4-6-13(10-19)16(12)20/h2-3,7-8,11-13,16-17,20H,4-6,9-10H2,1H3/t11-,12-,13+,16?,17+/m1/s1. The highest BCUT2D eigenvalue weighted by Gasteiger charge is 2.44. The van der Waals surface area contributed by atoms with Crippen LogP contribution in [0.2, 0.25) is 0 Å². The number of benzene rings is 1. The van der Waals surface area contributed by atoms with Gasteiger partial charge in [0.15, 0.2) is 11.5 Å². The molecule has 124 valence electrons. The minimum atomic E-state index is -0.610. The summed E-state index contributed by atoms with van der Waals surface area (Å²) < 4.78 is 11.8. The quantitative estimate of drug-likeness (QED) is 0.858. The summed E-state index contributed by atoms with van der Waals surface area (Å²) in [4.78, 5) is 14.8. The van der Waals surface area contributed by atoms with Crippen LogP contribution in [0.4, 0.5) is 0 Å². The summed E-state index contributed by atoms with van der Waals surface area (Å²) in [5.74, 6) is 1.71. The minimum Gasteiger partial charge on any atom is -0.482 e. The predicted molar refractivity (Wildman–Crippen MR) is 84.4 cm³/mol. The lowest BCUT2D eigenvalue weighted by molar-refractivity contribution is -0.152. The van der Waals surface area contributed by atoms with Gasteiger partial charge < -0.3 is 19.5 Å². The summed E-state index contributed by atoms with van der Waals surface area (Å²) in [6, 6.07) is 7.45. The molecule has 4 rings (SSSR count). The van der Waals surface area contributed by atoms with Crippen LogP contribution in [0.25, 0.3) is 0 Å². The summed E-state index contributed by atoms with van der Waals surface area (Å²) in [5, 5.41) is 10.3. The van der Waals surface area contributed by atoms with Crippen molar-refractivity contribution in [1.82, 2.24) is 4.90 Å². The lowest BCUT2D eigenvalue weighted by Crippen LogP contribution is -2.58. The number of fused-ring (bicyclic) bond motifs is 3. The topological polar surface area (TPSA) is 59.0 Å². The van der Waals surface area contributed by atoms with Gasteiger partial charge in [-0.25, -0.2) is 0 Å². The lowest BCUT2D eigenvalue weighted by atomic mass is 9.75. The number of likely N-dealkylation sites (tertiary alicyclic amines) is 1. The van der Waals surface area contributed by atoms with Gasteiger partial charge in [0.25, 0.3) is 5.91 Å². The summed E-state index contributed by atoms with van der Waals surface area (Å²) in [7, 11) is 0. The molecule has 5 heteroatoms. The van der Waals surface area contributed by atoms with Gasteiger partial charge in [-0.2, -0.15) is 0 Å². The maximum absolute atomic E-state index is 13.0. The molecule has 1 aromatic rings. The number of aliphatic hydroxyl groups is 1. The van der Waals surface area contributed by atoms with Crippen LogP contribution in [0.5, 0.6) is 11.5 Å². The molecule has 1 unspecified atom stereocenters. The van der Waals surface area contributed by atoms with Crippen molar-refractivity contribution in [1.29, 1.82) is 0 Å². The molecule has 0 radical (unpaired) electrons. The summed E-state index contributed by atoms with van der Waals surface area (Å²) in [6.07, 6.45) is 1.98. The first kappa shape index (κ1) is 14.8. The predicted octanol–water partition coefficient (Wildman–Crippen LogP) is 1.83. The van der Waals surface area contributed by atoms with E-state index in [0.29, 0.717) is 24.6 Å². The number of para-hydroxylation sites is 2. The Hall–Kier alpha value is -1.75. The van der Waals surface area contributed by atoms with Gasteiger partial charge in [0.2, 0.25) is 6.10 Å². The molecule has 1 saturated carbocycles. The highest BCUT2D eigenvalue weighted by Crippen LogP contribution is 2.37. The number of hydrogen-bond donors (Lipinski definition) is 1. The van der Waals surface area contributed by atoms with Crippen molar-refractivity contribution in [3.05, 3.63) is 24.3 Å². The number of amides is 1. The Morgan fingerprint density at radius 2 is 1.74 bits per heavy atom. The van der Waals surface area contributed by atoms with Gasteiger partial charge in [0, 0.05) is 24.9 Å². The lowest BCUT2D eigenvalue weighted by Gasteiger charge is -2.46. The molecule has 1 amide bonds. The van der Waals surface area contributed by atoms with Crippen LogP contribution >= 0.6 is 0 Å². The van der Waals surface area contributed by atoms with Gasteiger partial charge in [-0.3, -0.25) is 4.79 Å². The number of rotatable bonds is 1. The summed E-state index contributed by atoms with van der Waals surface area (Å²) in [6.45, 7) is 3.13. The zero-order valence-corrected chi connectivity index (χ0v) is 13.4. The SMILES string of the molecule is C[C@H]1Oc2ccccc2O[C@@H]1C(=O)N1C[C@H]2CCC[C@@H](C1)C2O. The maximum atomic E-state index is 13.0. The minimum absolute atomic E-state index is 0.0178. The van der Waals surface area contributed by atoms with Crippen molar-refractivity contribution in [3.8, 4) is 11.5 Å². The molecule has 0 aromatic heterocycles. The molecule has 1 aliphatic carbocycles. The normalized spacial score (nSPS) is 35.7. The van der Waals surface area contributed by atoms with Gasteiger partial charge in [0.1, 0.15) is 6.10 Å². The number of carbonyl (C=O) groups excluding carboxylic acids is 1. The monoisotopic (exact) mass is 317 g/mol. The third-order valence-electron chi connectivity index (χ3n) is 5.42. The fourth-order valence-electron chi connectivity index (χ4n) is 4.16. The van der Waals surface area contributed by atoms with E-state index in [0.717, 1.165) is 19.3 Å². The number of hydrogen-bond acceptors (Lipinski definition) is 4. The molecular formula is C18H23NO4.